The van der Waals surface area contributed by atoms with Crippen LogP contribution in [-0.4, -0.2) is 50.6 Å². The quantitative estimate of drug-likeness (QED) is 0.563. The summed E-state index contributed by atoms with van der Waals surface area (Å²) in [5.74, 6) is 1.52. The van der Waals surface area contributed by atoms with E-state index >= 15 is 0 Å². The fourth-order valence-electron chi connectivity index (χ4n) is 3.15. The number of hydrogen-bond acceptors (Lipinski definition) is 4. The summed E-state index contributed by atoms with van der Waals surface area (Å²) in [6.07, 6.45) is 0.841. The average molecular weight is 415 g/mol. The van der Waals surface area contributed by atoms with Crippen molar-refractivity contribution in [3.8, 4) is 5.75 Å². The molecule has 1 aromatic heterocycles. The number of amides is 1. The van der Waals surface area contributed by atoms with E-state index in [4.69, 9.17) is 4.74 Å². The van der Waals surface area contributed by atoms with Crippen LogP contribution in [0.5, 0.6) is 5.75 Å². The van der Waals surface area contributed by atoms with Gasteiger partial charge in [-0.25, -0.2) is 4.99 Å². The van der Waals surface area contributed by atoms with Crippen LogP contribution >= 0.6 is 11.3 Å². The first kappa shape index (κ1) is 21.2. The Kier molecular flexibility index (Phi) is 6.79. The molecule has 3 rings (SSSR count). The van der Waals surface area contributed by atoms with Crippen molar-refractivity contribution in [3.63, 3.8) is 0 Å². The molecule has 0 saturated carbocycles. The van der Waals surface area contributed by atoms with Gasteiger partial charge >= 0.3 is 0 Å². The summed E-state index contributed by atoms with van der Waals surface area (Å²) in [4.78, 5) is 19.5. The largest absolute Gasteiger partial charge is 0.493 e. The molecule has 0 saturated heterocycles. The second-order valence-corrected chi connectivity index (χ2v) is 8.99. The highest BCUT2D eigenvalue weighted by Gasteiger charge is 2.25. The molecular weight excluding hydrogens is 384 g/mol. The van der Waals surface area contributed by atoms with Crippen molar-refractivity contribution < 1.29 is 9.53 Å². The number of fused-ring (bicyclic) bond motifs is 1. The Morgan fingerprint density at radius 2 is 2.07 bits per heavy atom. The molecule has 2 heterocycles. The van der Waals surface area contributed by atoms with Crippen molar-refractivity contribution in [2.24, 2.45) is 4.99 Å². The van der Waals surface area contributed by atoms with Crippen LogP contribution in [-0.2, 0) is 10.2 Å². The van der Waals surface area contributed by atoms with Gasteiger partial charge in [-0.1, -0.05) is 38.1 Å². The SMILES string of the molecule is CN(C)C(=O)CN=C(NCC(C)(C)c1cccs1)NC1CCOc2ccccc21. The number of para-hydroxylation sites is 1. The molecule has 0 spiro atoms. The van der Waals surface area contributed by atoms with Gasteiger partial charge in [-0.3, -0.25) is 4.79 Å². The fraction of sp³-hybridized carbons (Fsp3) is 0.455. The number of nitrogens with zero attached hydrogens (tertiary/aromatic N) is 2. The molecule has 1 unspecified atom stereocenters. The van der Waals surface area contributed by atoms with Crippen LogP contribution in [0.2, 0.25) is 0 Å². The minimum atomic E-state index is -0.0459. The molecule has 0 bridgehead atoms. The van der Waals surface area contributed by atoms with E-state index in [9.17, 15) is 4.79 Å². The molecule has 0 radical (unpaired) electrons. The lowest BCUT2D eigenvalue weighted by molar-refractivity contribution is -0.127. The molecule has 0 aliphatic carbocycles. The zero-order valence-corrected chi connectivity index (χ0v) is 18.4. The molecule has 2 N–H and O–H groups in total. The van der Waals surface area contributed by atoms with E-state index in [0.717, 1.165) is 17.7 Å². The Balaban J connectivity index is 1.75. The number of benzene rings is 1. The number of hydrogen-bond donors (Lipinski definition) is 2. The number of likely N-dealkylation sites (N-methyl/N-ethyl adjacent to an activating group) is 1. The molecule has 0 fully saturated rings. The average Bonchev–Trinajstić information content (AvgIpc) is 3.26. The number of aliphatic imine (C=N–C) groups is 1. The van der Waals surface area contributed by atoms with Gasteiger partial charge in [0.25, 0.3) is 0 Å². The topological polar surface area (TPSA) is 66.0 Å². The molecular formula is C22H30N4O2S. The van der Waals surface area contributed by atoms with Crippen LogP contribution in [0.1, 0.15) is 36.8 Å². The zero-order valence-electron chi connectivity index (χ0n) is 17.6. The number of thiophene rings is 1. The normalized spacial score (nSPS) is 16.6. The van der Waals surface area contributed by atoms with E-state index in [1.165, 1.54) is 4.88 Å². The van der Waals surface area contributed by atoms with Crippen molar-refractivity contribution in [1.29, 1.82) is 0 Å². The van der Waals surface area contributed by atoms with E-state index in [2.05, 4.69) is 53.1 Å². The maximum Gasteiger partial charge on any atom is 0.243 e. The lowest BCUT2D eigenvalue weighted by Crippen LogP contribution is -2.45. The van der Waals surface area contributed by atoms with Crippen LogP contribution in [0, 0.1) is 0 Å². The fourth-order valence-corrected chi connectivity index (χ4v) is 4.01. The molecule has 156 valence electrons. The van der Waals surface area contributed by atoms with E-state index in [1.807, 2.05) is 18.2 Å². The summed E-state index contributed by atoms with van der Waals surface area (Å²) in [5.41, 5.74) is 1.07. The summed E-state index contributed by atoms with van der Waals surface area (Å²) >= 11 is 1.75. The number of ether oxygens (including phenoxy) is 1. The Morgan fingerprint density at radius 3 is 2.79 bits per heavy atom. The molecule has 6 nitrogen and oxygen atoms in total. The Labute approximate surface area is 177 Å². The van der Waals surface area contributed by atoms with Gasteiger partial charge < -0.3 is 20.3 Å². The highest BCUT2D eigenvalue weighted by atomic mass is 32.1. The molecule has 2 aromatic rings. The first-order valence-electron chi connectivity index (χ1n) is 9.87. The monoisotopic (exact) mass is 414 g/mol. The van der Waals surface area contributed by atoms with Gasteiger partial charge in [-0.15, -0.1) is 11.3 Å². The van der Waals surface area contributed by atoms with Crippen molar-refractivity contribution in [1.82, 2.24) is 15.5 Å². The standard InChI is InChI=1S/C22H30N4O2S/c1-22(2,19-10-7-13-29-19)15-24-21(23-14-20(27)26(3)4)25-17-11-12-28-18-9-6-5-8-16(17)18/h5-10,13,17H,11-12,14-15H2,1-4H3,(H2,23,24,25). The van der Waals surface area contributed by atoms with E-state index in [-0.39, 0.29) is 23.9 Å². The molecule has 1 aliphatic rings. The predicted molar refractivity (Wildman–Crippen MR) is 119 cm³/mol. The first-order valence-corrected chi connectivity index (χ1v) is 10.8. The third-order valence-electron chi connectivity index (χ3n) is 5.03. The van der Waals surface area contributed by atoms with E-state index in [1.54, 1.807) is 30.3 Å². The predicted octanol–water partition coefficient (Wildman–Crippen LogP) is 3.17. The Hall–Kier alpha value is -2.54. The number of rotatable bonds is 6. The van der Waals surface area contributed by atoms with Gasteiger partial charge in [0.05, 0.1) is 12.6 Å². The van der Waals surface area contributed by atoms with Crippen LogP contribution in [0.3, 0.4) is 0 Å². The zero-order chi connectivity index (χ0) is 20.9. The minimum Gasteiger partial charge on any atom is -0.493 e. The molecule has 1 aliphatic heterocycles. The van der Waals surface area contributed by atoms with Crippen LogP contribution in [0.15, 0.2) is 46.8 Å². The lowest BCUT2D eigenvalue weighted by Gasteiger charge is -2.30. The van der Waals surface area contributed by atoms with Crippen molar-refractivity contribution >= 4 is 23.2 Å². The van der Waals surface area contributed by atoms with E-state index < -0.39 is 0 Å². The second kappa shape index (κ2) is 9.31. The molecule has 7 heteroatoms. The number of carbonyl (C=O) groups is 1. The van der Waals surface area contributed by atoms with Crippen molar-refractivity contribution in [2.45, 2.75) is 31.7 Å². The van der Waals surface area contributed by atoms with Crippen molar-refractivity contribution in [3.05, 3.63) is 52.2 Å². The summed E-state index contributed by atoms with van der Waals surface area (Å²) in [5, 5.41) is 9.07. The summed E-state index contributed by atoms with van der Waals surface area (Å²) in [7, 11) is 3.49. The summed E-state index contributed by atoms with van der Waals surface area (Å²) in [6, 6.07) is 12.4. The third-order valence-corrected chi connectivity index (χ3v) is 6.26. The molecule has 1 atom stereocenters. The van der Waals surface area contributed by atoms with Gasteiger partial charge in [0.15, 0.2) is 5.96 Å². The van der Waals surface area contributed by atoms with Gasteiger partial charge in [0, 0.05) is 42.9 Å². The molecule has 29 heavy (non-hydrogen) atoms. The van der Waals surface area contributed by atoms with Gasteiger partial charge in [-0.2, -0.15) is 0 Å². The molecule has 1 amide bonds. The van der Waals surface area contributed by atoms with Gasteiger partial charge in [0.1, 0.15) is 12.3 Å². The maximum absolute atomic E-state index is 12.1. The smallest absolute Gasteiger partial charge is 0.243 e. The number of nitrogens with one attached hydrogen (secondary N) is 2. The summed E-state index contributed by atoms with van der Waals surface area (Å²) in [6.45, 7) is 5.88. The Bertz CT molecular complexity index is 846. The highest BCUT2D eigenvalue weighted by Crippen LogP contribution is 2.31. The maximum atomic E-state index is 12.1. The lowest BCUT2D eigenvalue weighted by atomic mass is 9.91. The van der Waals surface area contributed by atoms with Crippen LogP contribution < -0.4 is 15.4 Å². The van der Waals surface area contributed by atoms with Gasteiger partial charge in [0.2, 0.25) is 5.91 Å². The third kappa shape index (κ3) is 5.50. The summed E-state index contributed by atoms with van der Waals surface area (Å²) < 4.78 is 5.77. The molecule has 1 aromatic carbocycles. The van der Waals surface area contributed by atoms with Crippen LogP contribution in [0.25, 0.3) is 0 Å². The van der Waals surface area contributed by atoms with E-state index in [0.29, 0.717) is 19.1 Å². The number of guanidine groups is 1. The Morgan fingerprint density at radius 1 is 1.28 bits per heavy atom. The van der Waals surface area contributed by atoms with Crippen LogP contribution in [0.4, 0.5) is 0 Å². The first-order chi connectivity index (χ1) is 13.9. The second-order valence-electron chi connectivity index (χ2n) is 8.04. The highest BCUT2D eigenvalue weighted by molar-refractivity contribution is 7.10. The number of carbonyl (C=O) groups excluding carboxylic acids is 1. The van der Waals surface area contributed by atoms with Crippen molar-refractivity contribution in [2.75, 3.05) is 33.8 Å². The van der Waals surface area contributed by atoms with Gasteiger partial charge in [-0.05, 0) is 17.5 Å². The minimum absolute atomic E-state index is 0.0315.